The van der Waals surface area contributed by atoms with Gasteiger partial charge in [0, 0.05) is 11.6 Å². The molecule has 2 aromatic rings. The molecule has 25 heavy (non-hydrogen) atoms. The lowest BCUT2D eigenvalue weighted by Crippen LogP contribution is -2.26. The number of benzene rings is 2. The minimum atomic E-state index is -0.781. The van der Waals surface area contributed by atoms with E-state index in [4.69, 9.17) is 16.3 Å². The zero-order chi connectivity index (χ0) is 18.4. The summed E-state index contributed by atoms with van der Waals surface area (Å²) in [5, 5.41) is 13.2. The van der Waals surface area contributed by atoms with E-state index in [9.17, 15) is 9.90 Å². The zero-order valence-electron chi connectivity index (χ0n) is 14.8. The van der Waals surface area contributed by atoms with Gasteiger partial charge in [0.15, 0.2) is 0 Å². The van der Waals surface area contributed by atoms with Crippen LogP contribution in [0.25, 0.3) is 0 Å². The quantitative estimate of drug-likeness (QED) is 0.718. The molecule has 0 bridgehead atoms. The highest BCUT2D eigenvalue weighted by molar-refractivity contribution is 6.30. The van der Waals surface area contributed by atoms with E-state index in [-0.39, 0.29) is 0 Å². The maximum atomic E-state index is 11.2. The molecule has 0 atom stereocenters. The van der Waals surface area contributed by atoms with Gasteiger partial charge in [-0.05, 0) is 56.0 Å². The van der Waals surface area contributed by atoms with Crippen LogP contribution in [-0.4, -0.2) is 24.7 Å². The molecule has 0 aromatic heterocycles. The van der Waals surface area contributed by atoms with Gasteiger partial charge in [0.05, 0.1) is 18.2 Å². The minimum absolute atomic E-state index is 0.514. The monoisotopic (exact) mass is 361 g/mol. The standard InChI is InChI=1S/C20H24ClNO3/c1-20(2,19(23)24)13-15-6-4-14(5-7-15)10-11-22-17-12-16(21)8-9-18(17)25-3/h4-9,12,22H,10-11,13H2,1-3H3,(H,23,24). The molecule has 0 saturated carbocycles. The molecule has 0 aliphatic heterocycles. The van der Waals surface area contributed by atoms with Crippen molar-refractivity contribution in [3.05, 3.63) is 58.6 Å². The van der Waals surface area contributed by atoms with Gasteiger partial charge in [-0.3, -0.25) is 4.79 Å². The number of anilines is 1. The number of aliphatic carboxylic acids is 1. The highest BCUT2D eigenvalue weighted by Gasteiger charge is 2.27. The fraction of sp³-hybridized carbons (Fsp3) is 0.350. The third kappa shape index (κ3) is 5.40. The largest absolute Gasteiger partial charge is 0.495 e. The Labute approximate surface area is 153 Å². The average molecular weight is 362 g/mol. The fourth-order valence-corrected chi connectivity index (χ4v) is 2.74. The summed E-state index contributed by atoms with van der Waals surface area (Å²) >= 11 is 6.02. The van der Waals surface area contributed by atoms with Gasteiger partial charge in [0.1, 0.15) is 5.75 Å². The average Bonchev–Trinajstić information content (AvgIpc) is 2.56. The van der Waals surface area contributed by atoms with Crippen LogP contribution in [0.3, 0.4) is 0 Å². The van der Waals surface area contributed by atoms with Gasteiger partial charge in [-0.15, -0.1) is 0 Å². The highest BCUT2D eigenvalue weighted by Crippen LogP contribution is 2.27. The van der Waals surface area contributed by atoms with Crippen LogP contribution < -0.4 is 10.1 Å². The van der Waals surface area contributed by atoms with Crippen molar-refractivity contribution in [3.8, 4) is 5.75 Å². The lowest BCUT2D eigenvalue weighted by molar-refractivity contribution is -0.146. The Bertz CT molecular complexity index is 726. The van der Waals surface area contributed by atoms with Gasteiger partial charge in [0.25, 0.3) is 0 Å². The molecule has 0 fully saturated rings. The molecule has 0 unspecified atom stereocenters. The number of ether oxygens (including phenoxy) is 1. The molecule has 2 rings (SSSR count). The normalized spacial score (nSPS) is 11.2. The predicted molar refractivity (Wildman–Crippen MR) is 102 cm³/mol. The summed E-state index contributed by atoms with van der Waals surface area (Å²) in [7, 11) is 1.63. The van der Waals surface area contributed by atoms with E-state index >= 15 is 0 Å². The van der Waals surface area contributed by atoms with Gasteiger partial charge in [-0.2, -0.15) is 0 Å². The molecule has 2 aromatic carbocycles. The van der Waals surface area contributed by atoms with E-state index in [0.29, 0.717) is 11.4 Å². The van der Waals surface area contributed by atoms with Crippen molar-refractivity contribution in [1.82, 2.24) is 0 Å². The van der Waals surface area contributed by atoms with E-state index in [1.807, 2.05) is 36.4 Å². The molecular formula is C20H24ClNO3. The first-order valence-electron chi connectivity index (χ1n) is 8.20. The second kappa shape index (κ2) is 8.26. The number of nitrogens with one attached hydrogen (secondary N) is 1. The summed E-state index contributed by atoms with van der Waals surface area (Å²) in [6, 6.07) is 13.6. The Balaban J connectivity index is 1.92. The molecule has 0 heterocycles. The summed E-state index contributed by atoms with van der Waals surface area (Å²) in [5.74, 6) is -0.0214. The maximum Gasteiger partial charge on any atom is 0.309 e. The molecule has 134 valence electrons. The molecular weight excluding hydrogens is 338 g/mol. The number of rotatable bonds is 8. The Morgan fingerprint density at radius 1 is 1.16 bits per heavy atom. The Morgan fingerprint density at radius 3 is 2.40 bits per heavy atom. The first kappa shape index (κ1) is 19.1. The number of carboxylic acid groups (broad SMARTS) is 1. The van der Waals surface area contributed by atoms with E-state index in [2.05, 4.69) is 5.32 Å². The molecule has 5 heteroatoms. The number of methoxy groups -OCH3 is 1. The van der Waals surface area contributed by atoms with Crippen LogP contribution in [0, 0.1) is 5.41 Å². The lowest BCUT2D eigenvalue weighted by atomic mass is 9.86. The van der Waals surface area contributed by atoms with Crippen molar-refractivity contribution >= 4 is 23.3 Å². The fourth-order valence-electron chi connectivity index (χ4n) is 2.57. The van der Waals surface area contributed by atoms with Gasteiger partial charge in [-0.25, -0.2) is 0 Å². The first-order chi connectivity index (χ1) is 11.8. The second-order valence-corrected chi connectivity index (χ2v) is 7.14. The van der Waals surface area contributed by atoms with Crippen molar-refractivity contribution in [2.45, 2.75) is 26.7 Å². The molecule has 0 aliphatic carbocycles. The molecule has 2 N–H and O–H groups in total. The second-order valence-electron chi connectivity index (χ2n) is 6.70. The Kier molecular flexibility index (Phi) is 6.32. The summed E-state index contributed by atoms with van der Waals surface area (Å²) in [5.41, 5.74) is 2.33. The van der Waals surface area contributed by atoms with E-state index in [1.165, 1.54) is 5.56 Å². The van der Waals surface area contributed by atoms with Crippen molar-refractivity contribution in [2.75, 3.05) is 19.0 Å². The van der Waals surface area contributed by atoms with Gasteiger partial charge >= 0.3 is 5.97 Å². The predicted octanol–water partition coefficient (Wildman–Crippen LogP) is 4.66. The Morgan fingerprint density at radius 2 is 1.80 bits per heavy atom. The van der Waals surface area contributed by atoms with Crippen LogP contribution in [-0.2, 0) is 17.6 Å². The summed E-state index contributed by atoms with van der Waals surface area (Å²) in [6.45, 7) is 4.23. The molecule has 4 nitrogen and oxygen atoms in total. The van der Waals surface area contributed by atoms with Crippen LogP contribution in [0.15, 0.2) is 42.5 Å². The molecule has 0 spiro atoms. The molecule has 0 amide bonds. The summed E-state index contributed by atoms with van der Waals surface area (Å²) in [6.07, 6.45) is 1.36. The van der Waals surface area contributed by atoms with Crippen molar-refractivity contribution in [1.29, 1.82) is 0 Å². The number of hydrogen-bond acceptors (Lipinski definition) is 3. The number of halogens is 1. The molecule has 0 aliphatic rings. The molecule has 0 saturated heterocycles. The Hall–Kier alpha value is -2.20. The number of carboxylic acids is 1. The summed E-state index contributed by atoms with van der Waals surface area (Å²) in [4.78, 5) is 11.2. The summed E-state index contributed by atoms with van der Waals surface area (Å²) < 4.78 is 5.32. The lowest BCUT2D eigenvalue weighted by Gasteiger charge is -2.19. The van der Waals surface area contributed by atoms with Crippen LogP contribution >= 0.6 is 11.6 Å². The maximum absolute atomic E-state index is 11.2. The van der Waals surface area contributed by atoms with Crippen LogP contribution in [0.4, 0.5) is 5.69 Å². The number of hydrogen-bond donors (Lipinski definition) is 2. The van der Waals surface area contributed by atoms with E-state index in [0.717, 1.165) is 30.0 Å². The van der Waals surface area contributed by atoms with Crippen LogP contribution in [0.2, 0.25) is 5.02 Å². The van der Waals surface area contributed by atoms with Gasteiger partial charge < -0.3 is 15.2 Å². The zero-order valence-corrected chi connectivity index (χ0v) is 15.6. The third-order valence-electron chi connectivity index (χ3n) is 4.14. The van der Waals surface area contributed by atoms with Crippen molar-refractivity contribution in [2.24, 2.45) is 5.41 Å². The highest BCUT2D eigenvalue weighted by atomic mass is 35.5. The number of carbonyl (C=O) groups is 1. The van der Waals surface area contributed by atoms with Crippen molar-refractivity contribution in [3.63, 3.8) is 0 Å². The SMILES string of the molecule is COc1ccc(Cl)cc1NCCc1ccc(CC(C)(C)C(=O)O)cc1. The van der Waals surface area contributed by atoms with Crippen LogP contribution in [0.5, 0.6) is 5.75 Å². The van der Waals surface area contributed by atoms with Gasteiger partial charge in [0.2, 0.25) is 0 Å². The first-order valence-corrected chi connectivity index (χ1v) is 8.58. The third-order valence-corrected chi connectivity index (χ3v) is 4.37. The molecule has 0 radical (unpaired) electrons. The van der Waals surface area contributed by atoms with Gasteiger partial charge in [-0.1, -0.05) is 35.9 Å². The van der Waals surface area contributed by atoms with E-state index < -0.39 is 11.4 Å². The topological polar surface area (TPSA) is 58.6 Å². The van der Waals surface area contributed by atoms with E-state index in [1.54, 1.807) is 27.0 Å². The van der Waals surface area contributed by atoms with Crippen molar-refractivity contribution < 1.29 is 14.6 Å². The smallest absolute Gasteiger partial charge is 0.309 e. The van der Waals surface area contributed by atoms with Crippen LogP contribution in [0.1, 0.15) is 25.0 Å². The minimum Gasteiger partial charge on any atom is -0.495 e.